The van der Waals surface area contributed by atoms with Crippen LogP contribution in [0.1, 0.15) is 214 Å². The third-order valence-corrected chi connectivity index (χ3v) is 17.9. The molecule has 6 aliphatic rings. The summed E-state index contributed by atoms with van der Waals surface area (Å²) in [4.78, 5) is 0. The Labute approximate surface area is 519 Å². The second-order valence-electron chi connectivity index (χ2n) is 23.8. The van der Waals surface area contributed by atoms with E-state index in [-0.39, 0.29) is 63.4 Å². The number of benzene rings is 4. The van der Waals surface area contributed by atoms with Crippen molar-refractivity contribution in [1.29, 1.82) is 0 Å². The largest absolute Gasteiger partial charge is 0.687 e. The maximum absolute atomic E-state index is 10.2. The summed E-state index contributed by atoms with van der Waals surface area (Å²) in [6.07, 6.45) is 31.9. The SMILES string of the molecule is C1=CC(C2CC[N-]CC2)=CC[N-]1.OC(CC(O)C1CCCCC1)C1CCCCC1.OC(CC(O)C1CCCCC1)C1CCCCC1.OC(CC(O)c1ccccc1)c1ccccc1.OC(CC(O)c1ccccc1)c1ccccc1.[Zn].[Zn]. The molecular weight excluding hydrogens is 1130 g/mol. The van der Waals surface area contributed by atoms with Gasteiger partial charge < -0.3 is 51.5 Å². The molecule has 0 spiro atoms. The summed E-state index contributed by atoms with van der Waals surface area (Å²) in [6, 6.07) is 37.6. The minimum atomic E-state index is -0.633. The topological polar surface area (TPSA) is 190 Å². The molecule has 10 nitrogen and oxygen atoms in total. The van der Waals surface area contributed by atoms with Gasteiger partial charge >= 0.3 is 0 Å². The van der Waals surface area contributed by atoms with Crippen molar-refractivity contribution in [2.45, 2.75) is 216 Å². The third kappa shape index (κ3) is 26.8. The van der Waals surface area contributed by atoms with Crippen LogP contribution in [-0.2, 0) is 39.0 Å². The van der Waals surface area contributed by atoms with Gasteiger partial charge in [0.2, 0.25) is 0 Å². The molecule has 4 saturated carbocycles. The van der Waals surface area contributed by atoms with Crippen LogP contribution >= 0.6 is 0 Å². The second kappa shape index (κ2) is 42.0. The van der Waals surface area contributed by atoms with Crippen molar-refractivity contribution < 1.29 is 79.8 Å². The molecule has 4 aliphatic carbocycles. The Morgan fingerprint density at radius 2 is 0.610 bits per heavy atom. The molecule has 8 N–H and O–H groups in total. The quantitative estimate of drug-likeness (QED) is 0.0479. The number of hydrogen-bond acceptors (Lipinski definition) is 8. The summed E-state index contributed by atoms with van der Waals surface area (Å²) in [6.45, 7) is 2.97. The molecule has 0 bridgehead atoms. The van der Waals surface area contributed by atoms with Gasteiger partial charge in [-0.1, -0.05) is 229 Å². The van der Waals surface area contributed by atoms with Crippen LogP contribution in [0.3, 0.4) is 0 Å². The summed E-state index contributed by atoms with van der Waals surface area (Å²) >= 11 is 0. The van der Waals surface area contributed by atoms with Crippen molar-refractivity contribution in [2.75, 3.05) is 19.6 Å². The summed E-state index contributed by atoms with van der Waals surface area (Å²) in [7, 11) is 0. The first kappa shape index (κ1) is 71.5. The average Bonchev–Trinajstić information content (AvgIpc) is 3.53. The number of rotatable bonds is 17. The zero-order valence-corrected chi connectivity index (χ0v) is 55.6. The Hall–Kier alpha value is -2.95. The first-order valence-corrected chi connectivity index (χ1v) is 31.4. The van der Waals surface area contributed by atoms with Gasteiger partial charge in [0.05, 0.1) is 48.8 Å². The van der Waals surface area contributed by atoms with Gasteiger partial charge in [0.15, 0.2) is 0 Å². The standard InChI is InChI=1S/2C15H28O2.2C15H16O2.C10H14N2.2Zn/c4*16-14(12-7-3-1-4-8-12)11-15(17)13-9-5-2-6-10-13;1-5-11-6-2-9(1)10-3-7-12-8-4-10;;/h2*12-17H,1-11H2;2*1-10,14-17H,11H2;1-2,5,10H,3-4,6-8H2;;/q;;;;-2;;. The van der Waals surface area contributed by atoms with E-state index in [1.54, 1.807) is 0 Å². The maximum atomic E-state index is 10.2. The molecule has 0 aromatic heterocycles. The zero-order chi connectivity index (χ0) is 56.6. The van der Waals surface area contributed by atoms with Crippen molar-refractivity contribution in [1.82, 2.24) is 0 Å². The van der Waals surface area contributed by atoms with Crippen LogP contribution < -0.4 is 0 Å². The van der Waals surface area contributed by atoms with Crippen molar-refractivity contribution in [3.63, 3.8) is 0 Å². The molecule has 82 heavy (non-hydrogen) atoms. The van der Waals surface area contributed by atoms with E-state index in [0.29, 0.717) is 49.4 Å². The predicted molar refractivity (Wildman–Crippen MR) is 326 cm³/mol. The molecular formula is C70H102N2O8Zn2-2. The minimum absolute atomic E-state index is 0. The predicted octanol–water partition coefficient (Wildman–Crippen LogP) is 14.8. The second-order valence-corrected chi connectivity index (χ2v) is 23.8. The Bertz CT molecular complexity index is 1950. The molecule has 0 amide bonds. The van der Waals surface area contributed by atoms with Crippen molar-refractivity contribution in [3.8, 4) is 0 Å². The van der Waals surface area contributed by atoms with Crippen LogP contribution in [0.25, 0.3) is 10.6 Å². The van der Waals surface area contributed by atoms with E-state index in [9.17, 15) is 40.9 Å². The average molecular weight is 1230 g/mol. The van der Waals surface area contributed by atoms with E-state index in [2.05, 4.69) is 22.8 Å². The molecule has 2 heterocycles. The molecule has 12 heteroatoms. The van der Waals surface area contributed by atoms with E-state index in [1.807, 2.05) is 128 Å². The summed E-state index contributed by atoms with van der Waals surface area (Å²) in [5.41, 5.74) is 4.83. The van der Waals surface area contributed by atoms with E-state index in [0.717, 1.165) is 47.8 Å². The zero-order valence-electron chi connectivity index (χ0n) is 49.7. The monoisotopic (exact) mass is 1230 g/mol. The van der Waals surface area contributed by atoms with Gasteiger partial charge in [-0.2, -0.15) is 6.20 Å². The van der Waals surface area contributed by atoms with Gasteiger partial charge in [-0.3, -0.25) is 0 Å². The fourth-order valence-corrected chi connectivity index (χ4v) is 12.8. The fourth-order valence-electron chi connectivity index (χ4n) is 12.8. The first-order chi connectivity index (χ1) is 39.0. The smallest absolute Gasteiger partial charge is 0.0818 e. The summed E-state index contributed by atoms with van der Waals surface area (Å²) < 4.78 is 0. The number of nitrogens with zero attached hydrogens (tertiary/aromatic N) is 2. The fraction of sp³-hybridized carbons (Fsp3) is 0.600. The maximum Gasteiger partial charge on any atom is 0.0818 e. The molecule has 5 fully saturated rings. The number of aliphatic hydroxyl groups is 8. The van der Waals surface area contributed by atoms with Gasteiger partial charge in [-0.25, -0.2) is 0 Å². The molecule has 1 saturated heterocycles. The molecule has 4 aromatic rings. The normalized spacial score (nSPS) is 21.1. The minimum Gasteiger partial charge on any atom is -0.687 e. The van der Waals surface area contributed by atoms with Crippen LogP contribution in [-0.4, -0.2) is 84.9 Å². The molecule has 10 rings (SSSR count). The van der Waals surface area contributed by atoms with Gasteiger partial charge in [0.25, 0.3) is 0 Å². The first-order valence-electron chi connectivity index (χ1n) is 31.4. The van der Waals surface area contributed by atoms with E-state index in [4.69, 9.17) is 0 Å². The van der Waals surface area contributed by atoms with Gasteiger partial charge in [-0.15, -0.1) is 19.6 Å². The van der Waals surface area contributed by atoms with Gasteiger partial charge in [0.1, 0.15) is 0 Å². The Morgan fingerprint density at radius 3 is 0.854 bits per heavy atom. The summed E-state index contributed by atoms with van der Waals surface area (Å²) in [5, 5.41) is 89.3. The van der Waals surface area contributed by atoms with Crippen LogP contribution in [0.15, 0.2) is 145 Å². The molecule has 2 aliphatic heterocycles. The van der Waals surface area contributed by atoms with E-state index < -0.39 is 24.4 Å². The summed E-state index contributed by atoms with van der Waals surface area (Å²) in [5.74, 6) is 2.60. The number of piperidine rings is 1. The van der Waals surface area contributed by atoms with Gasteiger partial charge in [0, 0.05) is 51.8 Å². The van der Waals surface area contributed by atoms with Crippen molar-refractivity contribution in [3.05, 3.63) is 178 Å². The molecule has 0 radical (unpaired) electrons. The Kier molecular flexibility index (Phi) is 36.6. The number of aliphatic hydroxyl groups excluding tert-OH is 8. The van der Waals surface area contributed by atoms with E-state index >= 15 is 0 Å². The third-order valence-electron chi connectivity index (χ3n) is 17.9. The van der Waals surface area contributed by atoms with Crippen molar-refractivity contribution >= 4 is 0 Å². The van der Waals surface area contributed by atoms with Crippen LogP contribution in [0.2, 0.25) is 0 Å². The Morgan fingerprint density at radius 1 is 0.341 bits per heavy atom. The van der Waals surface area contributed by atoms with Gasteiger partial charge in [-0.05, 0) is 116 Å². The molecule has 8 atom stereocenters. The Balaban J connectivity index is 0.000000220. The molecule has 446 valence electrons. The van der Waals surface area contributed by atoms with Crippen LogP contribution in [0, 0.1) is 29.6 Å². The van der Waals surface area contributed by atoms with E-state index in [1.165, 1.54) is 147 Å². The molecule has 8 unspecified atom stereocenters. The van der Waals surface area contributed by atoms with Crippen LogP contribution in [0.4, 0.5) is 0 Å². The number of allylic oxidation sites excluding steroid dienone is 2. The molecule has 4 aromatic carbocycles. The number of hydrogen-bond donors (Lipinski definition) is 8. The van der Waals surface area contributed by atoms with Crippen molar-refractivity contribution in [2.24, 2.45) is 29.6 Å². The van der Waals surface area contributed by atoms with Crippen LogP contribution in [0.5, 0.6) is 0 Å².